The van der Waals surface area contributed by atoms with E-state index in [9.17, 15) is 4.79 Å². The van der Waals surface area contributed by atoms with E-state index in [0.717, 1.165) is 15.7 Å². The quantitative estimate of drug-likeness (QED) is 0.585. The van der Waals surface area contributed by atoms with E-state index >= 15 is 0 Å². The van der Waals surface area contributed by atoms with Crippen LogP contribution in [0.5, 0.6) is 5.75 Å². The van der Waals surface area contributed by atoms with Crippen molar-refractivity contribution >= 4 is 33.3 Å². The Kier molecular flexibility index (Phi) is 3.48. The van der Waals surface area contributed by atoms with Crippen molar-refractivity contribution < 1.29 is 9.53 Å². The number of carbonyl (C=O) groups is 1. The molecule has 1 aliphatic heterocycles. The molecule has 0 saturated heterocycles. The van der Waals surface area contributed by atoms with Crippen LogP contribution in [0, 0.1) is 0 Å². The first-order valence-electron chi connectivity index (χ1n) is 6.06. The summed E-state index contributed by atoms with van der Waals surface area (Å²) in [6.45, 7) is 0. The van der Waals surface area contributed by atoms with Gasteiger partial charge in [-0.05, 0) is 30.3 Å². The average Bonchev–Trinajstić information content (AvgIpc) is 2.44. The van der Waals surface area contributed by atoms with Crippen molar-refractivity contribution in [1.29, 1.82) is 0 Å². The Labute approximate surface area is 124 Å². The molecule has 0 fully saturated rings. The van der Waals surface area contributed by atoms with Crippen LogP contribution in [0.1, 0.15) is 5.56 Å². The molecule has 0 amide bonds. The van der Waals surface area contributed by atoms with Gasteiger partial charge in [0.1, 0.15) is 5.69 Å². The maximum Gasteiger partial charge on any atom is 0.336 e. The van der Waals surface area contributed by atoms with Gasteiger partial charge in [0.25, 0.3) is 0 Å². The number of allylic oxidation sites excluding steroid dienone is 1. The Bertz CT molecular complexity index is 718. The SMILES string of the molecule is O=C1/C=C\C(c2ccc(Br)cc2)=Nc2ccccc2O1. The highest BCUT2D eigenvalue weighted by Gasteiger charge is 2.11. The van der Waals surface area contributed by atoms with Crippen LogP contribution in [0.3, 0.4) is 0 Å². The summed E-state index contributed by atoms with van der Waals surface area (Å²) in [6, 6.07) is 15.0. The number of hydrogen-bond acceptors (Lipinski definition) is 3. The minimum Gasteiger partial charge on any atom is -0.421 e. The van der Waals surface area contributed by atoms with Crippen LogP contribution in [0.15, 0.2) is 70.1 Å². The molecule has 2 aromatic rings. The van der Waals surface area contributed by atoms with Crippen LogP contribution in [-0.4, -0.2) is 11.7 Å². The Morgan fingerprint density at radius 1 is 0.950 bits per heavy atom. The second-order valence-electron chi connectivity index (χ2n) is 4.23. The van der Waals surface area contributed by atoms with Gasteiger partial charge in [-0.15, -0.1) is 0 Å². The minimum absolute atomic E-state index is 0.401. The third kappa shape index (κ3) is 2.70. The summed E-state index contributed by atoms with van der Waals surface area (Å²) in [5, 5.41) is 0. The lowest BCUT2D eigenvalue weighted by Gasteiger charge is -2.10. The fraction of sp³-hybridized carbons (Fsp3) is 0. The molecule has 3 nitrogen and oxygen atoms in total. The summed E-state index contributed by atoms with van der Waals surface area (Å²) in [7, 11) is 0. The van der Waals surface area contributed by atoms with Gasteiger partial charge in [0, 0.05) is 16.1 Å². The van der Waals surface area contributed by atoms with Gasteiger partial charge in [-0.1, -0.05) is 40.2 Å². The van der Waals surface area contributed by atoms with E-state index in [1.165, 1.54) is 6.08 Å². The maximum absolute atomic E-state index is 11.7. The van der Waals surface area contributed by atoms with E-state index in [-0.39, 0.29) is 0 Å². The molecule has 0 atom stereocenters. The average molecular weight is 328 g/mol. The zero-order chi connectivity index (χ0) is 13.9. The highest BCUT2D eigenvalue weighted by atomic mass is 79.9. The molecule has 0 spiro atoms. The van der Waals surface area contributed by atoms with Crippen molar-refractivity contribution in [2.45, 2.75) is 0 Å². The van der Waals surface area contributed by atoms with E-state index in [2.05, 4.69) is 20.9 Å². The molecule has 1 aliphatic rings. The number of benzene rings is 2. The van der Waals surface area contributed by atoms with E-state index in [1.54, 1.807) is 12.1 Å². The molecule has 3 rings (SSSR count). The third-order valence-electron chi connectivity index (χ3n) is 2.83. The summed E-state index contributed by atoms with van der Waals surface area (Å²) in [4.78, 5) is 16.2. The molecular weight excluding hydrogens is 318 g/mol. The van der Waals surface area contributed by atoms with Gasteiger partial charge in [-0.3, -0.25) is 0 Å². The Morgan fingerprint density at radius 2 is 1.70 bits per heavy atom. The highest BCUT2D eigenvalue weighted by molar-refractivity contribution is 9.10. The number of para-hydroxylation sites is 2. The number of halogens is 1. The fourth-order valence-electron chi connectivity index (χ4n) is 1.87. The van der Waals surface area contributed by atoms with E-state index < -0.39 is 5.97 Å². The van der Waals surface area contributed by atoms with Crippen molar-refractivity contribution in [2.75, 3.05) is 0 Å². The van der Waals surface area contributed by atoms with E-state index in [0.29, 0.717) is 11.4 Å². The third-order valence-corrected chi connectivity index (χ3v) is 3.36. The monoisotopic (exact) mass is 327 g/mol. The number of nitrogens with zero attached hydrogens (tertiary/aromatic N) is 1. The number of hydrogen-bond donors (Lipinski definition) is 0. The first-order valence-corrected chi connectivity index (χ1v) is 6.85. The van der Waals surface area contributed by atoms with Crippen molar-refractivity contribution in [1.82, 2.24) is 0 Å². The van der Waals surface area contributed by atoms with Gasteiger partial charge < -0.3 is 4.74 Å². The summed E-state index contributed by atoms with van der Waals surface area (Å²) in [5.41, 5.74) is 2.30. The number of fused-ring (bicyclic) bond motifs is 1. The largest absolute Gasteiger partial charge is 0.421 e. The standard InChI is InChI=1S/C16H10BrNO2/c17-12-7-5-11(6-8-12)13-9-10-16(19)20-15-4-2-1-3-14(15)18-13/h1-10H/b10-9-,18-13?. The summed E-state index contributed by atoms with van der Waals surface area (Å²) < 4.78 is 6.20. The number of carbonyl (C=O) groups excluding carboxylic acids is 1. The topological polar surface area (TPSA) is 38.7 Å². The molecule has 0 radical (unpaired) electrons. The van der Waals surface area contributed by atoms with E-state index in [1.807, 2.05) is 42.5 Å². The second-order valence-corrected chi connectivity index (χ2v) is 5.14. The number of ether oxygens (including phenoxy) is 1. The lowest BCUT2D eigenvalue weighted by atomic mass is 10.1. The second kappa shape index (κ2) is 5.43. The molecular formula is C16H10BrNO2. The Hall–Kier alpha value is -2.20. The normalized spacial score (nSPS) is 15.4. The molecule has 2 aromatic carbocycles. The molecule has 4 heteroatoms. The Balaban J connectivity index is 2.12. The number of esters is 1. The van der Waals surface area contributed by atoms with Crippen molar-refractivity contribution in [3.63, 3.8) is 0 Å². The van der Waals surface area contributed by atoms with Gasteiger partial charge in [-0.25, -0.2) is 9.79 Å². The molecule has 0 aliphatic carbocycles. The van der Waals surface area contributed by atoms with Crippen molar-refractivity contribution in [3.05, 3.63) is 70.7 Å². The molecule has 0 bridgehead atoms. The van der Waals surface area contributed by atoms with Gasteiger partial charge >= 0.3 is 5.97 Å². The smallest absolute Gasteiger partial charge is 0.336 e. The molecule has 20 heavy (non-hydrogen) atoms. The minimum atomic E-state index is -0.401. The van der Waals surface area contributed by atoms with Gasteiger partial charge in [-0.2, -0.15) is 0 Å². The predicted octanol–water partition coefficient (Wildman–Crippen LogP) is 4.05. The van der Waals surface area contributed by atoms with Crippen molar-refractivity contribution in [2.24, 2.45) is 4.99 Å². The first kappa shape index (κ1) is 12.8. The van der Waals surface area contributed by atoms with E-state index in [4.69, 9.17) is 4.74 Å². The maximum atomic E-state index is 11.7. The van der Waals surface area contributed by atoms with Crippen LogP contribution >= 0.6 is 15.9 Å². The molecule has 0 unspecified atom stereocenters. The zero-order valence-electron chi connectivity index (χ0n) is 10.4. The molecule has 0 N–H and O–H groups in total. The molecule has 1 heterocycles. The Morgan fingerprint density at radius 3 is 2.50 bits per heavy atom. The number of rotatable bonds is 1. The highest BCUT2D eigenvalue weighted by Crippen LogP contribution is 2.29. The summed E-state index contributed by atoms with van der Waals surface area (Å²) in [6.07, 6.45) is 3.05. The van der Waals surface area contributed by atoms with Crippen LogP contribution in [0.2, 0.25) is 0 Å². The van der Waals surface area contributed by atoms with Crippen LogP contribution < -0.4 is 4.74 Å². The summed E-state index contributed by atoms with van der Waals surface area (Å²) >= 11 is 3.40. The van der Waals surface area contributed by atoms with Crippen molar-refractivity contribution in [3.8, 4) is 5.75 Å². The zero-order valence-corrected chi connectivity index (χ0v) is 12.0. The van der Waals surface area contributed by atoms with Crippen LogP contribution in [0.4, 0.5) is 5.69 Å². The summed E-state index contributed by atoms with van der Waals surface area (Å²) in [5.74, 6) is 0.0680. The van der Waals surface area contributed by atoms with Gasteiger partial charge in [0.15, 0.2) is 5.75 Å². The molecule has 98 valence electrons. The van der Waals surface area contributed by atoms with Gasteiger partial charge in [0.2, 0.25) is 0 Å². The fourth-order valence-corrected chi connectivity index (χ4v) is 2.14. The van der Waals surface area contributed by atoms with Crippen LogP contribution in [0.25, 0.3) is 0 Å². The first-order chi connectivity index (χ1) is 9.72. The predicted molar refractivity (Wildman–Crippen MR) is 81.6 cm³/mol. The molecule has 0 aromatic heterocycles. The number of aliphatic imine (C=N–C) groups is 1. The van der Waals surface area contributed by atoms with Gasteiger partial charge in [0.05, 0.1) is 5.71 Å². The molecule has 0 saturated carbocycles. The lowest BCUT2D eigenvalue weighted by Crippen LogP contribution is -2.08. The lowest BCUT2D eigenvalue weighted by molar-refractivity contribution is -0.128. The van der Waals surface area contributed by atoms with Crippen LogP contribution in [-0.2, 0) is 4.79 Å².